The van der Waals surface area contributed by atoms with E-state index < -0.39 is 7.28 Å². The molecule has 0 saturated carbocycles. The van der Waals surface area contributed by atoms with Crippen molar-refractivity contribution in [1.82, 2.24) is 4.57 Å². The molecule has 0 unspecified atom stereocenters. The highest BCUT2D eigenvalue weighted by Gasteiger charge is 2.40. The molecule has 1 atom stereocenters. The van der Waals surface area contributed by atoms with Gasteiger partial charge in [0.05, 0.1) is 10.2 Å². The van der Waals surface area contributed by atoms with E-state index in [-0.39, 0.29) is 5.16 Å². The molecule has 7 heteroatoms. The van der Waals surface area contributed by atoms with Gasteiger partial charge >= 0.3 is 0 Å². The fourth-order valence-electron chi connectivity index (χ4n) is 4.75. The van der Waals surface area contributed by atoms with Gasteiger partial charge in [0.25, 0.3) is 0 Å². The number of hydrogen-bond donors (Lipinski definition) is 0. The normalized spacial score (nSPS) is 13.6. The second-order valence-corrected chi connectivity index (χ2v) is 15.9. The van der Waals surface area contributed by atoms with Gasteiger partial charge in [-0.25, -0.2) is 4.74 Å². The van der Waals surface area contributed by atoms with Gasteiger partial charge in [-0.05, 0) is 93.4 Å². The number of aromatic nitrogens is 1. The number of hydrogen-bond acceptors (Lipinski definition) is 2. The first-order valence-electron chi connectivity index (χ1n) is 12.2. The summed E-state index contributed by atoms with van der Waals surface area (Å²) in [6, 6.07) is 29.6. The van der Waals surface area contributed by atoms with Crippen LogP contribution in [0.25, 0.3) is 21.8 Å². The molecular formula is C30H28Br3N2OP. The predicted molar refractivity (Wildman–Crippen MR) is 170 cm³/mol. The minimum Gasteiger partial charge on any atom is -0.454 e. The number of fused-ring (bicyclic) bond motifs is 3. The highest BCUT2D eigenvalue weighted by Crippen LogP contribution is 2.63. The van der Waals surface area contributed by atoms with E-state index in [2.05, 4.69) is 123 Å². The minimum atomic E-state index is -2.69. The average molecular weight is 703 g/mol. The van der Waals surface area contributed by atoms with Crippen LogP contribution in [0.5, 0.6) is 5.75 Å². The molecule has 0 aliphatic heterocycles. The number of aryl methyl sites for hydroxylation is 1. The molecule has 5 rings (SSSR count). The Morgan fingerprint density at radius 2 is 1.49 bits per heavy atom. The van der Waals surface area contributed by atoms with Gasteiger partial charge in [-0.2, -0.15) is 0 Å². The monoisotopic (exact) mass is 700 g/mol. The van der Waals surface area contributed by atoms with Gasteiger partial charge < -0.3 is 9.09 Å². The maximum atomic E-state index is 7.14. The summed E-state index contributed by atoms with van der Waals surface area (Å²) in [5.74, 6) is 0.776. The number of halogens is 3. The van der Waals surface area contributed by atoms with Crippen molar-refractivity contribution in [2.45, 2.75) is 39.4 Å². The smallest absolute Gasteiger partial charge is 0.173 e. The SMILES string of the molecule is CCn1c2ccccc2c2cc([P@](=Nc3ccccc3Br)(Oc3ccc(Br)cc3Br)C(C)(C)C)ccc21. The van der Waals surface area contributed by atoms with E-state index in [1.807, 2.05) is 42.5 Å². The van der Waals surface area contributed by atoms with Crippen molar-refractivity contribution in [3.8, 4) is 5.75 Å². The van der Waals surface area contributed by atoms with Crippen molar-refractivity contribution in [3.63, 3.8) is 0 Å². The molecule has 4 aromatic carbocycles. The van der Waals surface area contributed by atoms with Crippen LogP contribution < -0.4 is 9.83 Å². The van der Waals surface area contributed by atoms with Crippen LogP contribution in [0.15, 0.2) is 103 Å². The Kier molecular flexibility index (Phi) is 7.50. The van der Waals surface area contributed by atoms with Gasteiger partial charge in [0, 0.05) is 47.8 Å². The lowest BCUT2D eigenvalue weighted by molar-refractivity contribution is 0.568. The maximum Gasteiger partial charge on any atom is 0.173 e. The summed E-state index contributed by atoms with van der Waals surface area (Å²) >= 11 is 11.0. The largest absolute Gasteiger partial charge is 0.454 e. The summed E-state index contributed by atoms with van der Waals surface area (Å²) in [6.45, 7) is 9.80. The van der Waals surface area contributed by atoms with Gasteiger partial charge in [0.15, 0.2) is 7.28 Å². The van der Waals surface area contributed by atoms with Gasteiger partial charge in [-0.1, -0.05) is 67.0 Å². The molecule has 0 aliphatic rings. The van der Waals surface area contributed by atoms with Crippen LogP contribution in [0.2, 0.25) is 0 Å². The van der Waals surface area contributed by atoms with Crippen molar-refractivity contribution in [2.24, 2.45) is 4.74 Å². The highest BCUT2D eigenvalue weighted by molar-refractivity contribution is 9.11. The lowest BCUT2D eigenvalue weighted by atomic mass is 10.1. The highest BCUT2D eigenvalue weighted by atomic mass is 79.9. The summed E-state index contributed by atoms with van der Waals surface area (Å²) < 4.78 is 17.9. The summed E-state index contributed by atoms with van der Waals surface area (Å²) in [6.07, 6.45) is 0. The molecule has 1 heterocycles. The van der Waals surface area contributed by atoms with E-state index >= 15 is 0 Å². The first kappa shape index (κ1) is 26.7. The molecule has 3 nitrogen and oxygen atoms in total. The van der Waals surface area contributed by atoms with E-state index in [0.29, 0.717) is 0 Å². The lowest BCUT2D eigenvalue weighted by Crippen LogP contribution is -2.27. The third kappa shape index (κ3) is 4.87. The molecule has 0 radical (unpaired) electrons. The molecule has 0 spiro atoms. The molecule has 1 aromatic heterocycles. The van der Waals surface area contributed by atoms with Crippen molar-refractivity contribution in [1.29, 1.82) is 0 Å². The molecule has 0 saturated heterocycles. The average Bonchev–Trinajstić information content (AvgIpc) is 3.18. The van der Waals surface area contributed by atoms with Gasteiger partial charge in [0.2, 0.25) is 0 Å². The molecule has 37 heavy (non-hydrogen) atoms. The molecule has 5 aromatic rings. The van der Waals surface area contributed by atoms with Crippen LogP contribution >= 0.6 is 55.1 Å². The topological polar surface area (TPSA) is 26.5 Å². The Hall–Kier alpha value is -1.85. The second kappa shape index (κ2) is 10.4. The minimum absolute atomic E-state index is 0.300. The first-order chi connectivity index (χ1) is 17.6. The lowest BCUT2D eigenvalue weighted by Gasteiger charge is -2.37. The Morgan fingerprint density at radius 1 is 0.784 bits per heavy atom. The third-order valence-electron chi connectivity index (χ3n) is 6.56. The molecule has 0 bridgehead atoms. The summed E-state index contributed by atoms with van der Waals surface area (Å²) in [4.78, 5) is 0. The summed E-state index contributed by atoms with van der Waals surface area (Å²) in [7, 11) is -2.69. The zero-order valence-electron chi connectivity index (χ0n) is 21.2. The fraction of sp³-hybridized carbons (Fsp3) is 0.200. The van der Waals surface area contributed by atoms with Gasteiger partial charge in [-0.3, -0.25) is 0 Å². The molecule has 0 N–H and O–H groups in total. The zero-order chi connectivity index (χ0) is 26.4. The predicted octanol–water partition coefficient (Wildman–Crippen LogP) is 11.1. The fourth-order valence-corrected chi connectivity index (χ4v) is 9.63. The standard InChI is InChI=1S/C30H28Br3N2OP/c1-5-35-27-13-9-6-10-22(27)23-19-21(15-16-28(23)35)37(30(2,3)4,34-26-12-8-7-11-24(26)32)36-29-17-14-20(31)18-25(29)33/h6-19H,5H2,1-4H3/t37-/m0/s1. The molecule has 0 aliphatic carbocycles. The number of benzene rings is 4. The van der Waals surface area contributed by atoms with Crippen molar-refractivity contribution >= 4 is 87.9 Å². The Labute approximate surface area is 243 Å². The van der Waals surface area contributed by atoms with E-state index in [1.165, 1.54) is 21.8 Å². The zero-order valence-corrected chi connectivity index (χ0v) is 26.8. The van der Waals surface area contributed by atoms with Crippen molar-refractivity contribution in [3.05, 3.63) is 98.3 Å². The van der Waals surface area contributed by atoms with Crippen LogP contribution in [-0.2, 0) is 6.54 Å². The van der Waals surface area contributed by atoms with Crippen LogP contribution in [0.4, 0.5) is 5.69 Å². The molecule has 0 fully saturated rings. The van der Waals surface area contributed by atoms with Crippen molar-refractivity contribution < 1.29 is 4.52 Å². The van der Waals surface area contributed by atoms with Gasteiger partial charge in [-0.15, -0.1) is 0 Å². The quantitative estimate of drug-likeness (QED) is 0.167. The van der Waals surface area contributed by atoms with E-state index in [0.717, 1.165) is 36.7 Å². The molecule has 0 amide bonds. The van der Waals surface area contributed by atoms with Crippen LogP contribution in [-0.4, -0.2) is 9.72 Å². The molecule has 190 valence electrons. The third-order valence-corrected chi connectivity index (χ3v) is 12.1. The van der Waals surface area contributed by atoms with E-state index in [4.69, 9.17) is 9.27 Å². The van der Waals surface area contributed by atoms with Crippen LogP contribution in [0.3, 0.4) is 0 Å². The number of para-hydroxylation sites is 1. The first-order valence-corrected chi connectivity index (χ1v) is 16.2. The van der Waals surface area contributed by atoms with Crippen molar-refractivity contribution in [2.75, 3.05) is 0 Å². The van der Waals surface area contributed by atoms with Crippen LogP contribution in [0, 0.1) is 0 Å². The van der Waals surface area contributed by atoms with E-state index in [9.17, 15) is 0 Å². The summed E-state index contributed by atoms with van der Waals surface area (Å²) in [5.41, 5.74) is 3.36. The number of nitrogens with zero attached hydrogens (tertiary/aromatic N) is 2. The van der Waals surface area contributed by atoms with Gasteiger partial charge in [0.1, 0.15) is 5.75 Å². The maximum absolute atomic E-state index is 7.14. The molecular weight excluding hydrogens is 675 g/mol. The Bertz CT molecular complexity index is 1680. The van der Waals surface area contributed by atoms with Crippen LogP contribution in [0.1, 0.15) is 27.7 Å². The Morgan fingerprint density at radius 3 is 2.19 bits per heavy atom. The number of rotatable bonds is 5. The second-order valence-electron chi connectivity index (χ2n) is 9.93. The van der Waals surface area contributed by atoms with E-state index in [1.54, 1.807) is 0 Å². The Balaban J connectivity index is 1.87. The summed E-state index contributed by atoms with van der Waals surface area (Å²) in [5, 5.41) is 3.28.